The maximum atomic E-state index is 3.85. The number of nitrogens with one attached hydrogen (secondary N) is 1. The maximum Gasteiger partial charge on any atom is 0.0464 e. The molecule has 1 heteroatoms. The lowest BCUT2D eigenvalue weighted by Crippen LogP contribution is -2.22. The van der Waals surface area contributed by atoms with Crippen molar-refractivity contribution in [3.63, 3.8) is 0 Å². The van der Waals surface area contributed by atoms with E-state index >= 15 is 0 Å². The van der Waals surface area contributed by atoms with Gasteiger partial charge in [0.25, 0.3) is 0 Å². The number of fused-ring (bicyclic) bond motifs is 5. The van der Waals surface area contributed by atoms with Crippen molar-refractivity contribution < 1.29 is 0 Å². The molecular formula is C61H57N. The van der Waals surface area contributed by atoms with Gasteiger partial charge in [0.15, 0.2) is 0 Å². The lowest BCUT2D eigenvalue weighted by Gasteiger charge is -2.32. The molecule has 1 heterocycles. The van der Waals surface area contributed by atoms with E-state index < -0.39 is 0 Å². The molecule has 10 rings (SSSR count). The topological polar surface area (TPSA) is 12.0 Å². The molecule has 1 N–H and O–H groups in total. The van der Waals surface area contributed by atoms with E-state index in [1.807, 2.05) is 36.4 Å². The molecule has 0 saturated carbocycles. The minimum absolute atomic E-state index is 0.117. The summed E-state index contributed by atoms with van der Waals surface area (Å²) in [5.74, 6) is 0. The molecular weight excluding hydrogens is 747 g/mol. The zero-order valence-electron chi connectivity index (χ0n) is 37.3. The summed E-state index contributed by atoms with van der Waals surface area (Å²) in [5.41, 5.74) is 24.1. The molecule has 0 amide bonds. The second kappa shape index (κ2) is 18.3. The van der Waals surface area contributed by atoms with Gasteiger partial charge in [-0.2, -0.15) is 0 Å². The van der Waals surface area contributed by atoms with E-state index in [9.17, 15) is 0 Å². The van der Waals surface area contributed by atoms with Gasteiger partial charge in [-0.15, -0.1) is 0 Å². The summed E-state index contributed by atoms with van der Waals surface area (Å²) in [6.45, 7) is 15.4. The van der Waals surface area contributed by atoms with Crippen LogP contribution in [0, 0.1) is 34.6 Å². The lowest BCUT2D eigenvalue weighted by atomic mass is 9.72. The summed E-state index contributed by atoms with van der Waals surface area (Å²) in [4.78, 5) is 0. The molecule has 306 valence electrons. The van der Waals surface area contributed by atoms with Crippen molar-refractivity contribution in [2.75, 3.05) is 5.32 Å². The third-order valence-corrected chi connectivity index (χ3v) is 12.5. The Morgan fingerprint density at radius 1 is 0.387 bits per heavy atom. The van der Waals surface area contributed by atoms with Gasteiger partial charge in [0.05, 0.1) is 0 Å². The molecule has 2 aliphatic rings. The lowest BCUT2D eigenvalue weighted by molar-refractivity contribution is 0.599. The third-order valence-electron chi connectivity index (χ3n) is 12.5. The maximum absolute atomic E-state index is 3.85. The fourth-order valence-electron chi connectivity index (χ4n) is 8.75. The average Bonchev–Trinajstić information content (AvgIpc) is 3.43. The van der Waals surface area contributed by atoms with Crippen molar-refractivity contribution in [2.45, 2.75) is 60.3 Å². The molecule has 0 aromatic heterocycles. The Bertz CT molecular complexity index is 2870. The van der Waals surface area contributed by atoms with Crippen molar-refractivity contribution in [1.82, 2.24) is 0 Å². The van der Waals surface area contributed by atoms with Crippen LogP contribution in [0.4, 0.5) is 11.4 Å². The van der Waals surface area contributed by atoms with Crippen LogP contribution in [-0.4, -0.2) is 0 Å². The molecule has 0 spiro atoms. The van der Waals surface area contributed by atoms with E-state index in [1.54, 1.807) is 0 Å². The van der Waals surface area contributed by atoms with Crippen LogP contribution in [0.15, 0.2) is 206 Å². The first-order valence-electron chi connectivity index (χ1n) is 21.9. The van der Waals surface area contributed by atoms with E-state index in [0.717, 1.165) is 17.8 Å². The van der Waals surface area contributed by atoms with E-state index in [4.69, 9.17) is 0 Å². The number of anilines is 2. The highest BCUT2D eigenvalue weighted by molar-refractivity contribution is 6.00. The number of hydrogen-bond donors (Lipinski definition) is 1. The number of aryl methyl sites for hydroxylation is 5. The smallest absolute Gasteiger partial charge is 0.0464 e. The standard InChI is InChI=1S/C47H41N.2C7H8/c1-30-12-6-8-14-37(30)41-26-34(19-18-32(41)3)35-20-22-45-42(27-35)39-16-10-11-17-40(39)43-28-36(21-23-46(43)48-45)47(5)25-24-33(4)44(29-47)38-15-9-7-13-31(38)2;2*1-7-5-3-2-4-6-7/h6-24,26-29,48H,25H2,1-5H3;2*2-6H,1H3. The van der Waals surface area contributed by atoms with Gasteiger partial charge < -0.3 is 5.32 Å². The molecule has 8 aromatic carbocycles. The van der Waals surface area contributed by atoms with Crippen LogP contribution < -0.4 is 5.32 Å². The quantitative estimate of drug-likeness (QED) is 0.187. The zero-order chi connectivity index (χ0) is 43.2. The van der Waals surface area contributed by atoms with E-state index in [-0.39, 0.29) is 5.41 Å². The molecule has 8 aromatic rings. The summed E-state index contributed by atoms with van der Waals surface area (Å²) in [6.07, 6.45) is 5.91. The minimum atomic E-state index is -0.117. The average molecular weight is 804 g/mol. The SMILES string of the molecule is CC1=CCC(C)(c2ccc3c(c2)-c2ccccc2-c2cc(-c4ccc(C)c(-c5ccccc5C)c4)ccc2N3)C=C1c1ccccc1C.Cc1ccccc1.Cc1ccccc1. The summed E-state index contributed by atoms with van der Waals surface area (Å²) in [7, 11) is 0. The van der Waals surface area contributed by atoms with Crippen LogP contribution in [0.25, 0.3) is 50.1 Å². The zero-order valence-corrected chi connectivity index (χ0v) is 37.3. The van der Waals surface area contributed by atoms with Gasteiger partial charge in [-0.3, -0.25) is 0 Å². The summed E-state index contributed by atoms with van der Waals surface area (Å²) >= 11 is 0. The highest BCUT2D eigenvalue weighted by atomic mass is 14.9. The molecule has 1 unspecified atom stereocenters. The van der Waals surface area contributed by atoms with E-state index in [1.165, 1.54) is 94.6 Å². The number of hydrogen-bond acceptors (Lipinski definition) is 1. The predicted molar refractivity (Wildman–Crippen MR) is 268 cm³/mol. The van der Waals surface area contributed by atoms with Gasteiger partial charge in [0.1, 0.15) is 0 Å². The van der Waals surface area contributed by atoms with Crippen LogP contribution in [0.5, 0.6) is 0 Å². The molecule has 62 heavy (non-hydrogen) atoms. The molecule has 0 bridgehead atoms. The van der Waals surface area contributed by atoms with Crippen LogP contribution in [0.1, 0.15) is 59.2 Å². The van der Waals surface area contributed by atoms with E-state index in [0.29, 0.717) is 0 Å². The molecule has 0 fully saturated rings. The summed E-state index contributed by atoms with van der Waals surface area (Å²) < 4.78 is 0. The Morgan fingerprint density at radius 2 is 0.839 bits per heavy atom. The summed E-state index contributed by atoms with van der Waals surface area (Å²) in [5, 5.41) is 3.85. The van der Waals surface area contributed by atoms with Crippen LogP contribution in [-0.2, 0) is 5.41 Å². The monoisotopic (exact) mass is 803 g/mol. The predicted octanol–water partition coefficient (Wildman–Crippen LogP) is 17.0. The normalized spacial score (nSPS) is 14.7. The van der Waals surface area contributed by atoms with Gasteiger partial charge in [-0.25, -0.2) is 0 Å². The Labute approximate surface area is 370 Å². The molecule has 0 radical (unpaired) electrons. The Balaban J connectivity index is 0.000000321. The minimum Gasteiger partial charge on any atom is -0.355 e. The van der Waals surface area contributed by atoms with Crippen molar-refractivity contribution in [1.29, 1.82) is 0 Å². The van der Waals surface area contributed by atoms with Crippen molar-refractivity contribution in [3.8, 4) is 44.5 Å². The Hall–Kier alpha value is -6.96. The molecule has 1 nitrogen and oxygen atoms in total. The van der Waals surface area contributed by atoms with Crippen LogP contribution in [0.2, 0.25) is 0 Å². The van der Waals surface area contributed by atoms with Gasteiger partial charge in [0, 0.05) is 27.9 Å². The fraction of sp³-hybridized carbons (Fsp3) is 0.148. The Kier molecular flexibility index (Phi) is 12.4. The third kappa shape index (κ3) is 9.04. The van der Waals surface area contributed by atoms with E-state index in [2.05, 4.69) is 218 Å². The number of benzene rings is 8. The van der Waals surface area contributed by atoms with Crippen molar-refractivity contribution in [2.24, 2.45) is 0 Å². The first-order valence-corrected chi connectivity index (χ1v) is 21.9. The van der Waals surface area contributed by atoms with Crippen molar-refractivity contribution in [3.05, 3.63) is 245 Å². The molecule has 1 atom stereocenters. The van der Waals surface area contributed by atoms with Crippen LogP contribution >= 0.6 is 0 Å². The highest BCUT2D eigenvalue weighted by Crippen LogP contribution is 2.48. The highest BCUT2D eigenvalue weighted by Gasteiger charge is 2.30. The Morgan fingerprint density at radius 3 is 1.39 bits per heavy atom. The second-order valence-corrected chi connectivity index (χ2v) is 17.2. The number of rotatable bonds is 4. The molecule has 0 saturated heterocycles. The second-order valence-electron chi connectivity index (χ2n) is 17.2. The van der Waals surface area contributed by atoms with Gasteiger partial charge in [-0.05, 0) is 151 Å². The fourth-order valence-corrected chi connectivity index (χ4v) is 8.75. The summed E-state index contributed by atoms with van der Waals surface area (Å²) in [6, 6.07) is 67.6. The first kappa shape index (κ1) is 41.8. The van der Waals surface area contributed by atoms with Gasteiger partial charge in [0.2, 0.25) is 0 Å². The number of allylic oxidation sites excluding steroid dienone is 4. The van der Waals surface area contributed by atoms with Crippen molar-refractivity contribution >= 4 is 16.9 Å². The molecule has 1 aliphatic heterocycles. The van der Waals surface area contributed by atoms with Gasteiger partial charge >= 0.3 is 0 Å². The van der Waals surface area contributed by atoms with Crippen LogP contribution in [0.3, 0.4) is 0 Å². The van der Waals surface area contributed by atoms with Gasteiger partial charge in [-0.1, -0.05) is 188 Å². The first-order chi connectivity index (χ1) is 30.1. The molecule has 1 aliphatic carbocycles. The largest absolute Gasteiger partial charge is 0.355 e.